The third-order valence-electron chi connectivity index (χ3n) is 2.68. The summed E-state index contributed by atoms with van der Waals surface area (Å²) in [4.78, 5) is 29.8. The third-order valence-corrected chi connectivity index (χ3v) is 2.68. The Morgan fingerprint density at radius 1 is 1.10 bits per heavy atom. The van der Waals surface area contributed by atoms with Gasteiger partial charge in [-0.25, -0.2) is 4.98 Å². The van der Waals surface area contributed by atoms with Gasteiger partial charge in [-0.3, -0.25) is 9.59 Å². The quantitative estimate of drug-likeness (QED) is 0.727. The maximum atomic E-state index is 10.8. The lowest BCUT2D eigenvalue weighted by molar-refractivity contribution is -0.136. The number of carbonyl (C=O) groups is 2. The maximum Gasteiger partial charge on any atom is 0.323 e. The number of anilines is 1. The fourth-order valence-electron chi connectivity index (χ4n) is 1.83. The van der Waals surface area contributed by atoms with Crippen LogP contribution in [0.1, 0.15) is 0 Å². The van der Waals surface area contributed by atoms with Gasteiger partial charge in [-0.1, -0.05) is 12.1 Å². The van der Waals surface area contributed by atoms with Crippen LogP contribution < -0.4 is 4.90 Å². The second kappa shape index (κ2) is 5.87. The highest BCUT2D eigenvalue weighted by atomic mass is 16.4. The van der Waals surface area contributed by atoms with E-state index in [0.29, 0.717) is 5.69 Å². The van der Waals surface area contributed by atoms with Crippen molar-refractivity contribution in [1.82, 2.24) is 9.97 Å². The molecule has 3 N–H and O–H groups in total. The van der Waals surface area contributed by atoms with E-state index in [1.165, 1.54) is 4.90 Å². The number of hydrogen-bond donors (Lipinski definition) is 3. The van der Waals surface area contributed by atoms with Crippen LogP contribution in [-0.4, -0.2) is 45.2 Å². The van der Waals surface area contributed by atoms with Crippen LogP contribution in [-0.2, 0) is 9.59 Å². The molecule has 20 heavy (non-hydrogen) atoms. The van der Waals surface area contributed by atoms with Gasteiger partial charge in [-0.2, -0.15) is 0 Å². The van der Waals surface area contributed by atoms with Gasteiger partial charge in [0.1, 0.15) is 13.1 Å². The van der Waals surface area contributed by atoms with Gasteiger partial charge in [-0.05, 0) is 12.1 Å². The summed E-state index contributed by atoms with van der Waals surface area (Å²) in [5.41, 5.74) is 2.16. The number of benzene rings is 1. The molecular weight excluding hydrogens is 262 g/mol. The van der Waals surface area contributed by atoms with Gasteiger partial charge >= 0.3 is 11.9 Å². The lowest BCUT2D eigenvalue weighted by Crippen LogP contribution is -2.34. The Hall–Kier alpha value is -2.83. The molecule has 2 rings (SSSR count). The summed E-state index contributed by atoms with van der Waals surface area (Å²) in [6, 6.07) is 6.89. The summed E-state index contributed by atoms with van der Waals surface area (Å²) in [5, 5.41) is 17.6. The molecule has 0 spiro atoms. The molecule has 0 aliphatic carbocycles. The number of nitrogens with one attached hydrogen (secondary N) is 1. The van der Waals surface area contributed by atoms with Crippen molar-refractivity contribution < 1.29 is 19.8 Å². The van der Waals surface area contributed by atoms with Crippen LogP contribution >= 0.6 is 0 Å². The number of carboxylic acid groups (broad SMARTS) is 2. The maximum absolute atomic E-state index is 10.8. The SMILES string of the molecule is O=C(O)CN(CC(=O)O)c1ccc(-c2c[nH]cn2)cc1. The zero-order valence-corrected chi connectivity index (χ0v) is 10.5. The molecule has 0 fully saturated rings. The molecule has 0 aliphatic rings. The highest BCUT2D eigenvalue weighted by Gasteiger charge is 2.14. The number of nitrogens with zero attached hydrogens (tertiary/aromatic N) is 2. The molecule has 1 heterocycles. The Bertz CT molecular complexity index is 577. The van der Waals surface area contributed by atoms with Gasteiger partial charge in [0.05, 0.1) is 12.0 Å². The molecule has 1 aromatic heterocycles. The highest BCUT2D eigenvalue weighted by molar-refractivity contribution is 5.79. The molecule has 0 atom stereocenters. The van der Waals surface area contributed by atoms with Gasteiger partial charge in [0.25, 0.3) is 0 Å². The Morgan fingerprint density at radius 3 is 2.15 bits per heavy atom. The van der Waals surface area contributed by atoms with E-state index in [1.54, 1.807) is 36.8 Å². The molecule has 0 saturated carbocycles. The Labute approximate surface area is 114 Å². The molecular formula is C13H13N3O4. The average molecular weight is 275 g/mol. The number of carboxylic acids is 2. The third kappa shape index (κ3) is 3.35. The molecule has 1 aromatic carbocycles. The van der Waals surface area contributed by atoms with Gasteiger partial charge in [0.2, 0.25) is 0 Å². The fourth-order valence-corrected chi connectivity index (χ4v) is 1.83. The van der Waals surface area contributed by atoms with Gasteiger partial charge < -0.3 is 20.1 Å². The number of imidazole rings is 1. The van der Waals surface area contributed by atoms with Gasteiger partial charge in [0.15, 0.2) is 0 Å². The molecule has 0 bridgehead atoms. The minimum Gasteiger partial charge on any atom is -0.480 e. The van der Waals surface area contributed by atoms with Crippen LogP contribution in [0.4, 0.5) is 5.69 Å². The summed E-state index contributed by atoms with van der Waals surface area (Å²) in [7, 11) is 0. The first-order valence-electron chi connectivity index (χ1n) is 5.84. The van der Waals surface area contributed by atoms with Gasteiger partial charge in [-0.15, -0.1) is 0 Å². The molecule has 104 valence electrons. The van der Waals surface area contributed by atoms with Crippen molar-refractivity contribution in [1.29, 1.82) is 0 Å². The smallest absolute Gasteiger partial charge is 0.323 e. The number of aliphatic carboxylic acids is 2. The lowest BCUT2D eigenvalue weighted by Gasteiger charge is -2.20. The second-order valence-corrected chi connectivity index (χ2v) is 4.14. The summed E-state index contributed by atoms with van der Waals surface area (Å²) >= 11 is 0. The average Bonchev–Trinajstić information content (AvgIpc) is 2.91. The predicted molar refractivity (Wildman–Crippen MR) is 71.5 cm³/mol. The number of aromatic nitrogens is 2. The van der Waals surface area contributed by atoms with Crippen molar-refractivity contribution in [2.45, 2.75) is 0 Å². The van der Waals surface area contributed by atoms with E-state index in [0.717, 1.165) is 11.3 Å². The second-order valence-electron chi connectivity index (χ2n) is 4.14. The molecule has 7 nitrogen and oxygen atoms in total. The van der Waals surface area contributed by atoms with E-state index in [1.807, 2.05) is 0 Å². The van der Waals surface area contributed by atoms with Crippen molar-refractivity contribution in [3.05, 3.63) is 36.8 Å². The molecule has 0 aliphatic heterocycles. The summed E-state index contributed by atoms with van der Waals surface area (Å²) in [5.74, 6) is -2.16. The molecule has 2 aromatic rings. The van der Waals surface area contributed by atoms with Crippen molar-refractivity contribution in [2.75, 3.05) is 18.0 Å². The molecule has 0 unspecified atom stereocenters. The normalized spacial score (nSPS) is 10.2. The number of H-pyrrole nitrogens is 1. The highest BCUT2D eigenvalue weighted by Crippen LogP contribution is 2.21. The number of aromatic amines is 1. The Morgan fingerprint density at radius 2 is 1.70 bits per heavy atom. The Kier molecular flexibility index (Phi) is 3.99. The van der Waals surface area contributed by atoms with E-state index in [4.69, 9.17) is 10.2 Å². The van der Waals surface area contributed by atoms with Crippen LogP contribution in [0, 0.1) is 0 Å². The lowest BCUT2D eigenvalue weighted by atomic mass is 10.1. The molecule has 0 saturated heterocycles. The van der Waals surface area contributed by atoms with Crippen molar-refractivity contribution in [3.8, 4) is 11.3 Å². The minimum atomic E-state index is -1.08. The molecule has 7 heteroatoms. The van der Waals surface area contributed by atoms with Crippen LogP contribution in [0.25, 0.3) is 11.3 Å². The standard InChI is InChI=1S/C13H13N3O4/c17-12(18)6-16(7-13(19)20)10-3-1-9(2-4-10)11-5-14-8-15-11/h1-5,8H,6-7H2,(H,14,15)(H,17,18)(H,19,20). The summed E-state index contributed by atoms with van der Waals surface area (Å²) < 4.78 is 0. The van der Waals surface area contributed by atoms with Crippen molar-refractivity contribution >= 4 is 17.6 Å². The topological polar surface area (TPSA) is 107 Å². The van der Waals surface area contributed by atoms with Crippen LogP contribution in [0.5, 0.6) is 0 Å². The predicted octanol–water partition coefficient (Wildman–Crippen LogP) is 1.05. The van der Waals surface area contributed by atoms with E-state index in [-0.39, 0.29) is 13.1 Å². The largest absolute Gasteiger partial charge is 0.480 e. The van der Waals surface area contributed by atoms with Gasteiger partial charge in [0, 0.05) is 17.4 Å². The van der Waals surface area contributed by atoms with E-state index in [9.17, 15) is 9.59 Å². The summed E-state index contributed by atoms with van der Waals surface area (Å²) in [6.45, 7) is -0.734. The van der Waals surface area contributed by atoms with Crippen LogP contribution in [0.2, 0.25) is 0 Å². The van der Waals surface area contributed by atoms with E-state index < -0.39 is 11.9 Å². The fraction of sp³-hybridized carbons (Fsp3) is 0.154. The zero-order chi connectivity index (χ0) is 14.5. The Balaban J connectivity index is 2.21. The van der Waals surface area contributed by atoms with E-state index in [2.05, 4.69) is 9.97 Å². The summed E-state index contributed by atoms with van der Waals surface area (Å²) in [6.07, 6.45) is 3.30. The first-order chi connectivity index (χ1) is 9.56. The minimum absolute atomic E-state index is 0.367. The van der Waals surface area contributed by atoms with Crippen molar-refractivity contribution in [2.24, 2.45) is 0 Å². The number of hydrogen-bond acceptors (Lipinski definition) is 4. The van der Waals surface area contributed by atoms with Crippen LogP contribution in [0.3, 0.4) is 0 Å². The number of rotatable bonds is 6. The monoisotopic (exact) mass is 275 g/mol. The zero-order valence-electron chi connectivity index (χ0n) is 10.5. The molecule has 0 amide bonds. The molecule has 0 radical (unpaired) electrons. The first-order valence-corrected chi connectivity index (χ1v) is 5.84. The van der Waals surface area contributed by atoms with E-state index >= 15 is 0 Å². The first kappa shape index (κ1) is 13.6. The van der Waals surface area contributed by atoms with Crippen molar-refractivity contribution in [3.63, 3.8) is 0 Å². The van der Waals surface area contributed by atoms with Crippen LogP contribution in [0.15, 0.2) is 36.8 Å².